The highest BCUT2D eigenvalue weighted by Crippen LogP contribution is 2.29. The summed E-state index contributed by atoms with van der Waals surface area (Å²) in [6.45, 7) is 0. The van der Waals surface area contributed by atoms with Crippen molar-refractivity contribution in [2.45, 2.75) is 0 Å². The lowest BCUT2D eigenvalue weighted by Crippen LogP contribution is -1.87. The summed E-state index contributed by atoms with van der Waals surface area (Å²) in [6.07, 6.45) is 0. The van der Waals surface area contributed by atoms with Crippen LogP contribution in [0.3, 0.4) is 0 Å². The molecule has 2 rings (SSSR count). The lowest BCUT2D eigenvalue weighted by atomic mass is 10.0. The molecule has 1 radical (unpaired) electrons. The second-order valence-electron chi connectivity index (χ2n) is 3.14. The van der Waals surface area contributed by atoms with E-state index in [0.717, 1.165) is 11.1 Å². The van der Waals surface area contributed by atoms with Crippen molar-refractivity contribution in [2.75, 3.05) is 7.11 Å². The van der Waals surface area contributed by atoms with E-state index in [2.05, 4.69) is 6.07 Å². The molecule has 0 amide bonds. The van der Waals surface area contributed by atoms with Crippen molar-refractivity contribution in [2.24, 2.45) is 0 Å². The molecule has 2 aromatic carbocycles. The molecule has 15 heavy (non-hydrogen) atoms. The summed E-state index contributed by atoms with van der Waals surface area (Å²) in [4.78, 5) is 0. The largest absolute Gasteiger partial charge is 0.496 e. The first-order chi connectivity index (χ1) is 7.31. The van der Waals surface area contributed by atoms with Crippen LogP contribution in [0.1, 0.15) is 0 Å². The SMILES string of the molecule is COc1c[c]ccc1-c1cccc(F)c1. The number of halogens is 1. The molecule has 0 aliphatic rings. The van der Waals surface area contributed by atoms with E-state index in [1.165, 1.54) is 12.1 Å². The zero-order valence-corrected chi connectivity index (χ0v) is 8.33. The van der Waals surface area contributed by atoms with Crippen LogP contribution < -0.4 is 4.74 Å². The van der Waals surface area contributed by atoms with Gasteiger partial charge < -0.3 is 4.74 Å². The zero-order valence-electron chi connectivity index (χ0n) is 8.33. The molecule has 1 nitrogen and oxygen atoms in total. The van der Waals surface area contributed by atoms with Gasteiger partial charge in [-0.15, -0.1) is 0 Å². The third-order valence-corrected chi connectivity index (χ3v) is 2.18. The highest BCUT2D eigenvalue weighted by Gasteiger charge is 2.04. The molecule has 2 heteroatoms. The van der Waals surface area contributed by atoms with Crippen LogP contribution >= 0.6 is 0 Å². The topological polar surface area (TPSA) is 9.23 Å². The first-order valence-corrected chi connectivity index (χ1v) is 4.61. The molecule has 0 aliphatic heterocycles. The zero-order chi connectivity index (χ0) is 10.7. The maximum absolute atomic E-state index is 13.0. The minimum atomic E-state index is -0.248. The fourth-order valence-electron chi connectivity index (χ4n) is 1.48. The molecule has 0 heterocycles. The van der Waals surface area contributed by atoms with Crippen LogP contribution in [0.25, 0.3) is 11.1 Å². The van der Waals surface area contributed by atoms with Crippen molar-refractivity contribution < 1.29 is 9.13 Å². The predicted octanol–water partition coefficient (Wildman–Crippen LogP) is 3.30. The predicted molar refractivity (Wildman–Crippen MR) is 57.2 cm³/mol. The van der Waals surface area contributed by atoms with Crippen LogP contribution in [0.2, 0.25) is 0 Å². The monoisotopic (exact) mass is 201 g/mol. The van der Waals surface area contributed by atoms with Gasteiger partial charge in [0.1, 0.15) is 11.6 Å². The van der Waals surface area contributed by atoms with Crippen LogP contribution in [-0.2, 0) is 0 Å². The Bertz CT molecular complexity index is 466. The molecule has 0 fully saturated rings. The van der Waals surface area contributed by atoms with E-state index in [0.29, 0.717) is 5.75 Å². The van der Waals surface area contributed by atoms with Gasteiger partial charge in [-0.25, -0.2) is 4.39 Å². The normalized spacial score (nSPS) is 10.0. The summed E-state index contributed by atoms with van der Waals surface area (Å²) in [5.41, 5.74) is 1.68. The van der Waals surface area contributed by atoms with E-state index in [9.17, 15) is 4.39 Å². The third-order valence-electron chi connectivity index (χ3n) is 2.18. The lowest BCUT2D eigenvalue weighted by molar-refractivity contribution is 0.416. The number of rotatable bonds is 2. The van der Waals surface area contributed by atoms with E-state index in [4.69, 9.17) is 4.74 Å². The van der Waals surface area contributed by atoms with Crippen LogP contribution in [0.5, 0.6) is 5.75 Å². The summed E-state index contributed by atoms with van der Waals surface area (Å²) in [7, 11) is 1.59. The summed E-state index contributed by atoms with van der Waals surface area (Å²) < 4.78 is 18.2. The third kappa shape index (κ3) is 1.99. The molecule has 0 atom stereocenters. The molecular weight excluding hydrogens is 191 g/mol. The molecule has 0 aliphatic carbocycles. The number of ether oxygens (including phenoxy) is 1. The molecule has 0 spiro atoms. The van der Waals surface area contributed by atoms with Crippen molar-refractivity contribution in [3.8, 4) is 16.9 Å². The fourth-order valence-corrected chi connectivity index (χ4v) is 1.48. The Morgan fingerprint density at radius 3 is 2.87 bits per heavy atom. The Morgan fingerprint density at radius 1 is 1.27 bits per heavy atom. The minimum Gasteiger partial charge on any atom is -0.496 e. The summed E-state index contributed by atoms with van der Waals surface area (Å²) >= 11 is 0. The van der Waals surface area contributed by atoms with Crippen molar-refractivity contribution in [1.82, 2.24) is 0 Å². The van der Waals surface area contributed by atoms with Gasteiger partial charge in [0, 0.05) is 5.56 Å². The fraction of sp³-hybridized carbons (Fsp3) is 0.0769. The second-order valence-corrected chi connectivity index (χ2v) is 3.14. The molecule has 0 saturated heterocycles. The standard InChI is InChI=1S/C13H10FO/c1-15-13-8-3-2-7-12(13)10-5-4-6-11(14)9-10/h2,4-9H,1H3. The van der Waals surface area contributed by atoms with Gasteiger partial charge in [-0.05, 0) is 29.8 Å². The summed E-state index contributed by atoms with van der Waals surface area (Å²) in [5.74, 6) is 0.450. The average Bonchev–Trinajstić information content (AvgIpc) is 2.29. The Kier molecular flexibility index (Phi) is 2.68. The maximum atomic E-state index is 13.0. The summed E-state index contributed by atoms with van der Waals surface area (Å²) in [6, 6.07) is 14.7. The van der Waals surface area contributed by atoms with Crippen molar-refractivity contribution >= 4 is 0 Å². The number of benzene rings is 2. The van der Waals surface area contributed by atoms with Gasteiger partial charge in [-0.1, -0.05) is 24.3 Å². The Hall–Kier alpha value is -1.83. The molecular formula is C13H10FO. The Balaban J connectivity index is 2.53. The molecule has 0 N–H and O–H groups in total. The van der Waals surface area contributed by atoms with Crippen LogP contribution in [0, 0.1) is 11.9 Å². The van der Waals surface area contributed by atoms with Crippen molar-refractivity contribution in [3.05, 3.63) is 54.3 Å². The van der Waals surface area contributed by atoms with Gasteiger partial charge in [-0.2, -0.15) is 0 Å². The number of hydrogen-bond donors (Lipinski definition) is 0. The van der Waals surface area contributed by atoms with Crippen LogP contribution in [0.4, 0.5) is 4.39 Å². The highest BCUT2D eigenvalue weighted by molar-refractivity contribution is 5.70. The first-order valence-electron chi connectivity index (χ1n) is 4.61. The average molecular weight is 201 g/mol. The van der Waals surface area contributed by atoms with Gasteiger partial charge in [-0.3, -0.25) is 0 Å². The van der Waals surface area contributed by atoms with E-state index < -0.39 is 0 Å². The van der Waals surface area contributed by atoms with Crippen LogP contribution in [0.15, 0.2) is 42.5 Å². The molecule has 2 aromatic rings. The van der Waals surface area contributed by atoms with Gasteiger partial charge in [0.25, 0.3) is 0 Å². The minimum absolute atomic E-state index is 0.248. The number of methoxy groups -OCH3 is 1. The number of hydrogen-bond acceptors (Lipinski definition) is 1. The second kappa shape index (κ2) is 4.13. The molecule has 0 aromatic heterocycles. The van der Waals surface area contributed by atoms with E-state index >= 15 is 0 Å². The smallest absolute Gasteiger partial charge is 0.127 e. The quantitative estimate of drug-likeness (QED) is 0.724. The summed E-state index contributed by atoms with van der Waals surface area (Å²) in [5, 5.41) is 0. The van der Waals surface area contributed by atoms with Gasteiger partial charge in [0.2, 0.25) is 0 Å². The lowest BCUT2D eigenvalue weighted by Gasteiger charge is -2.07. The van der Waals surface area contributed by atoms with Gasteiger partial charge in [0.15, 0.2) is 0 Å². The van der Waals surface area contributed by atoms with Crippen molar-refractivity contribution in [1.29, 1.82) is 0 Å². The maximum Gasteiger partial charge on any atom is 0.127 e. The molecule has 0 bridgehead atoms. The van der Waals surface area contributed by atoms with Crippen molar-refractivity contribution in [3.63, 3.8) is 0 Å². The van der Waals surface area contributed by atoms with Gasteiger partial charge in [0.05, 0.1) is 7.11 Å². The van der Waals surface area contributed by atoms with E-state index in [-0.39, 0.29) is 5.82 Å². The highest BCUT2D eigenvalue weighted by atomic mass is 19.1. The molecule has 75 valence electrons. The molecule has 0 saturated carbocycles. The Morgan fingerprint density at radius 2 is 2.13 bits per heavy atom. The molecule has 0 unspecified atom stereocenters. The van der Waals surface area contributed by atoms with E-state index in [1.807, 2.05) is 12.1 Å². The Labute approximate surface area is 88.1 Å². The first kappa shape index (κ1) is 9.71. The van der Waals surface area contributed by atoms with Crippen LogP contribution in [-0.4, -0.2) is 7.11 Å². The van der Waals surface area contributed by atoms with E-state index in [1.54, 1.807) is 25.3 Å². The van der Waals surface area contributed by atoms with Gasteiger partial charge >= 0.3 is 0 Å².